The van der Waals surface area contributed by atoms with Crippen LogP contribution in [0.25, 0.3) is 0 Å². The van der Waals surface area contributed by atoms with E-state index in [2.05, 4.69) is 27.4 Å². The standard InChI is InChI=1S/C17H22N4O2.C2HF3O2/c1-18-17(22)9-15-12-20(11-14-6-7-19-21(14)15)10-13-4-3-5-16(8-13)23-2;3-2(4,5)1(6)7/h3-8,15H,9-12H2,1-2H3,(H,18,22);(H,6,7). The van der Waals surface area contributed by atoms with Crippen molar-refractivity contribution in [2.24, 2.45) is 0 Å². The molecular weight excluding hydrogens is 405 g/mol. The number of aromatic nitrogens is 2. The number of ether oxygens (including phenoxy) is 1. The van der Waals surface area contributed by atoms with E-state index in [-0.39, 0.29) is 11.9 Å². The van der Waals surface area contributed by atoms with Gasteiger partial charge < -0.3 is 15.2 Å². The van der Waals surface area contributed by atoms with Crippen LogP contribution >= 0.6 is 0 Å². The first kappa shape index (κ1) is 23.2. The maximum atomic E-state index is 11.8. The number of nitrogens with zero attached hydrogens (tertiary/aromatic N) is 3. The highest BCUT2D eigenvalue weighted by molar-refractivity contribution is 5.76. The van der Waals surface area contributed by atoms with Gasteiger partial charge in [-0.05, 0) is 23.8 Å². The topological polar surface area (TPSA) is 96.7 Å². The molecule has 2 aromatic rings. The first-order chi connectivity index (χ1) is 14.1. The summed E-state index contributed by atoms with van der Waals surface area (Å²) in [4.78, 5) is 23.0. The Morgan fingerprint density at radius 1 is 1.33 bits per heavy atom. The minimum atomic E-state index is -5.08. The van der Waals surface area contributed by atoms with E-state index in [4.69, 9.17) is 14.6 Å². The molecule has 1 aromatic heterocycles. The van der Waals surface area contributed by atoms with E-state index in [0.717, 1.165) is 31.1 Å². The van der Waals surface area contributed by atoms with Gasteiger partial charge in [-0.3, -0.25) is 14.4 Å². The molecule has 1 amide bonds. The average Bonchev–Trinajstić information content (AvgIpc) is 3.16. The van der Waals surface area contributed by atoms with Gasteiger partial charge in [-0.2, -0.15) is 18.3 Å². The number of rotatable bonds is 5. The number of carboxylic acid groups (broad SMARTS) is 1. The van der Waals surface area contributed by atoms with E-state index in [0.29, 0.717) is 6.42 Å². The second-order valence-electron chi connectivity index (χ2n) is 6.62. The number of carboxylic acids is 1. The number of alkyl halides is 3. The predicted molar refractivity (Wildman–Crippen MR) is 101 cm³/mol. The molecule has 30 heavy (non-hydrogen) atoms. The lowest BCUT2D eigenvalue weighted by Gasteiger charge is -2.33. The summed E-state index contributed by atoms with van der Waals surface area (Å²) >= 11 is 0. The Hall–Kier alpha value is -3.08. The van der Waals surface area contributed by atoms with E-state index in [1.807, 2.05) is 22.9 Å². The van der Waals surface area contributed by atoms with Gasteiger partial charge in [0.25, 0.3) is 0 Å². The summed E-state index contributed by atoms with van der Waals surface area (Å²) in [6, 6.07) is 10.2. The molecule has 0 bridgehead atoms. The first-order valence-corrected chi connectivity index (χ1v) is 9.02. The van der Waals surface area contributed by atoms with Crippen molar-refractivity contribution in [1.29, 1.82) is 0 Å². The molecule has 0 spiro atoms. The van der Waals surface area contributed by atoms with E-state index in [1.54, 1.807) is 20.4 Å². The van der Waals surface area contributed by atoms with Gasteiger partial charge in [0.15, 0.2) is 0 Å². The van der Waals surface area contributed by atoms with Gasteiger partial charge in [0.1, 0.15) is 5.75 Å². The van der Waals surface area contributed by atoms with Crippen molar-refractivity contribution >= 4 is 11.9 Å². The SMILES string of the molecule is CNC(=O)CC1CN(Cc2cccc(OC)c2)Cc2ccnn21.O=C(O)C(F)(F)F. The van der Waals surface area contributed by atoms with Crippen LogP contribution < -0.4 is 10.1 Å². The summed E-state index contributed by atoms with van der Waals surface area (Å²) in [6.45, 7) is 2.47. The molecule has 164 valence electrons. The molecule has 1 atom stereocenters. The fourth-order valence-corrected chi connectivity index (χ4v) is 3.08. The summed E-state index contributed by atoms with van der Waals surface area (Å²) in [6.07, 6.45) is -2.83. The first-order valence-electron chi connectivity index (χ1n) is 9.02. The number of methoxy groups -OCH3 is 1. The molecule has 1 aliphatic rings. The van der Waals surface area contributed by atoms with Crippen LogP contribution in [0.3, 0.4) is 0 Å². The van der Waals surface area contributed by atoms with Crippen molar-refractivity contribution in [3.63, 3.8) is 0 Å². The second kappa shape index (κ2) is 10.1. The third kappa shape index (κ3) is 6.48. The smallest absolute Gasteiger partial charge is 0.490 e. The lowest BCUT2D eigenvalue weighted by Crippen LogP contribution is -2.39. The highest BCUT2D eigenvalue weighted by Gasteiger charge is 2.38. The maximum Gasteiger partial charge on any atom is 0.490 e. The third-order valence-corrected chi connectivity index (χ3v) is 4.44. The number of amides is 1. The number of benzene rings is 1. The molecule has 2 heterocycles. The van der Waals surface area contributed by atoms with Crippen LogP contribution in [0.15, 0.2) is 36.5 Å². The predicted octanol–water partition coefficient (Wildman–Crippen LogP) is 2.22. The number of nitrogens with one attached hydrogen (secondary N) is 1. The molecule has 8 nitrogen and oxygen atoms in total. The summed E-state index contributed by atoms with van der Waals surface area (Å²) in [5.41, 5.74) is 2.35. The number of carbonyl (C=O) groups excluding carboxylic acids is 1. The number of fused-ring (bicyclic) bond motifs is 1. The van der Waals surface area contributed by atoms with Gasteiger partial charge in [-0.25, -0.2) is 4.79 Å². The number of carbonyl (C=O) groups is 2. The number of hydrogen-bond donors (Lipinski definition) is 2. The highest BCUT2D eigenvalue weighted by atomic mass is 19.4. The molecule has 0 aliphatic carbocycles. The molecule has 0 saturated heterocycles. The quantitative estimate of drug-likeness (QED) is 0.758. The molecule has 2 N–H and O–H groups in total. The van der Waals surface area contributed by atoms with Crippen molar-refractivity contribution in [2.75, 3.05) is 20.7 Å². The van der Waals surface area contributed by atoms with Gasteiger partial charge in [0.2, 0.25) is 5.91 Å². The van der Waals surface area contributed by atoms with E-state index in [9.17, 15) is 18.0 Å². The second-order valence-corrected chi connectivity index (χ2v) is 6.62. The van der Waals surface area contributed by atoms with Crippen LogP contribution in [0.2, 0.25) is 0 Å². The minimum Gasteiger partial charge on any atom is -0.497 e. The summed E-state index contributed by atoms with van der Waals surface area (Å²) < 4.78 is 39.0. The molecule has 1 aliphatic heterocycles. The molecule has 0 fully saturated rings. The zero-order valence-electron chi connectivity index (χ0n) is 16.5. The molecule has 1 unspecified atom stereocenters. The van der Waals surface area contributed by atoms with Crippen LogP contribution in [-0.2, 0) is 22.7 Å². The average molecular weight is 428 g/mol. The molecule has 1 aromatic carbocycles. The maximum absolute atomic E-state index is 11.8. The number of halogens is 3. The van der Waals surface area contributed by atoms with Crippen molar-refractivity contribution in [2.45, 2.75) is 31.7 Å². The Kier molecular flexibility index (Phi) is 7.81. The lowest BCUT2D eigenvalue weighted by molar-refractivity contribution is -0.192. The largest absolute Gasteiger partial charge is 0.497 e. The van der Waals surface area contributed by atoms with E-state index >= 15 is 0 Å². The normalized spacial score (nSPS) is 16.1. The number of aliphatic carboxylic acids is 1. The Morgan fingerprint density at radius 2 is 2.03 bits per heavy atom. The van der Waals surface area contributed by atoms with Crippen molar-refractivity contribution in [1.82, 2.24) is 20.0 Å². The van der Waals surface area contributed by atoms with E-state index < -0.39 is 12.1 Å². The Bertz CT molecular complexity index is 869. The summed E-state index contributed by atoms with van der Waals surface area (Å²) in [5, 5.41) is 14.2. The van der Waals surface area contributed by atoms with Crippen LogP contribution in [0.1, 0.15) is 23.7 Å². The molecular formula is C19H23F3N4O4. The van der Waals surface area contributed by atoms with Gasteiger partial charge in [-0.1, -0.05) is 12.1 Å². The molecule has 0 radical (unpaired) electrons. The summed E-state index contributed by atoms with van der Waals surface area (Å²) in [5.74, 6) is -1.85. The number of hydrogen-bond acceptors (Lipinski definition) is 5. The van der Waals surface area contributed by atoms with Crippen molar-refractivity contribution in [3.05, 3.63) is 47.8 Å². The fraction of sp³-hybridized carbons (Fsp3) is 0.421. The fourth-order valence-electron chi connectivity index (χ4n) is 3.08. The van der Waals surface area contributed by atoms with Gasteiger partial charge in [0, 0.05) is 32.9 Å². The Labute approximate surface area is 171 Å². The summed E-state index contributed by atoms with van der Waals surface area (Å²) in [7, 11) is 3.35. The highest BCUT2D eigenvalue weighted by Crippen LogP contribution is 2.25. The van der Waals surface area contributed by atoms with Crippen molar-refractivity contribution < 1.29 is 32.6 Å². The monoisotopic (exact) mass is 428 g/mol. The lowest BCUT2D eigenvalue weighted by atomic mass is 10.1. The molecule has 3 rings (SSSR count). The van der Waals surface area contributed by atoms with E-state index in [1.165, 1.54) is 5.56 Å². The van der Waals surface area contributed by atoms with Crippen LogP contribution in [0.4, 0.5) is 13.2 Å². The van der Waals surface area contributed by atoms with Gasteiger partial charge in [0.05, 0.1) is 25.3 Å². The zero-order valence-corrected chi connectivity index (χ0v) is 16.5. The van der Waals surface area contributed by atoms with Gasteiger partial charge in [-0.15, -0.1) is 0 Å². The van der Waals surface area contributed by atoms with Crippen molar-refractivity contribution in [3.8, 4) is 5.75 Å². The third-order valence-electron chi connectivity index (χ3n) is 4.44. The molecule has 11 heteroatoms. The van der Waals surface area contributed by atoms with Crippen LogP contribution in [-0.4, -0.2) is 58.5 Å². The van der Waals surface area contributed by atoms with Gasteiger partial charge >= 0.3 is 12.1 Å². The Morgan fingerprint density at radius 3 is 2.63 bits per heavy atom. The zero-order chi connectivity index (χ0) is 22.3. The molecule has 0 saturated carbocycles. The Balaban J connectivity index is 0.000000396. The minimum absolute atomic E-state index is 0.0414. The van der Waals surface area contributed by atoms with Crippen LogP contribution in [0, 0.1) is 0 Å². The van der Waals surface area contributed by atoms with Crippen LogP contribution in [0.5, 0.6) is 5.75 Å².